The topological polar surface area (TPSA) is 79.5 Å². The largest absolute Gasteiger partial charge is 0.454 e. The summed E-state index contributed by atoms with van der Waals surface area (Å²) in [7, 11) is 3.93. The molecule has 1 amide bonds. The lowest BCUT2D eigenvalue weighted by atomic mass is 10.2. The van der Waals surface area contributed by atoms with Gasteiger partial charge in [0.2, 0.25) is 12.7 Å². The second-order valence-corrected chi connectivity index (χ2v) is 5.45. The van der Waals surface area contributed by atoms with E-state index < -0.39 is 0 Å². The van der Waals surface area contributed by atoms with Crippen LogP contribution in [0.15, 0.2) is 30.3 Å². The summed E-state index contributed by atoms with van der Waals surface area (Å²) in [6.07, 6.45) is 3.17. The normalized spacial score (nSPS) is 13.0. The van der Waals surface area contributed by atoms with E-state index >= 15 is 0 Å². The molecule has 0 fully saturated rings. The van der Waals surface area contributed by atoms with Gasteiger partial charge in [-0.05, 0) is 37.9 Å². The van der Waals surface area contributed by atoms with E-state index in [4.69, 9.17) is 9.47 Å². The first kappa shape index (κ1) is 15.1. The first-order valence-corrected chi connectivity index (χ1v) is 7.18. The summed E-state index contributed by atoms with van der Waals surface area (Å²) in [5.74, 6) is 1.66. The summed E-state index contributed by atoms with van der Waals surface area (Å²) in [4.78, 5) is 13.9. The lowest BCUT2D eigenvalue weighted by Crippen LogP contribution is -2.10. The van der Waals surface area contributed by atoms with Gasteiger partial charge in [-0.15, -0.1) is 0 Å². The third-order valence-electron chi connectivity index (χ3n) is 3.19. The molecule has 2 aromatic rings. The Labute approximate surface area is 133 Å². The van der Waals surface area contributed by atoms with E-state index in [2.05, 4.69) is 15.5 Å². The molecule has 1 aromatic carbocycles. The number of benzene rings is 1. The van der Waals surface area contributed by atoms with Crippen LogP contribution < -0.4 is 14.8 Å². The van der Waals surface area contributed by atoms with Gasteiger partial charge in [-0.1, -0.05) is 6.07 Å². The van der Waals surface area contributed by atoms with E-state index in [1.54, 1.807) is 6.08 Å². The minimum Gasteiger partial charge on any atom is -0.454 e. The molecule has 0 spiro atoms. The average molecular weight is 314 g/mol. The van der Waals surface area contributed by atoms with Gasteiger partial charge in [-0.25, -0.2) is 0 Å². The maximum Gasteiger partial charge on any atom is 0.249 e. The third-order valence-corrected chi connectivity index (χ3v) is 3.19. The minimum atomic E-state index is -0.245. The van der Waals surface area contributed by atoms with Crippen LogP contribution >= 0.6 is 0 Å². The number of fused-ring (bicyclic) bond motifs is 1. The van der Waals surface area contributed by atoms with Crippen molar-refractivity contribution < 1.29 is 14.3 Å². The van der Waals surface area contributed by atoms with E-state index in [9.17, 15) is 4.79 Å². The van der Waals surface area contributed by atoms with Crippen LogP contribution in [0.25, 0.3) is 6.08 Å². The Morgan fingerprint density at radius 2 is 2.17 bits per heavy atom. The summed E-state index contributed by atoms with van der Waals surface area (Å²) in [6.45, 7) is 0.966. The first-order chi connectivity index (χ1) is 11.1. The molecule has 7 heteroatoms. The number of carbonyl (C=O) groups is 1. The number of aromatic nitrogens is 2. The number of H-pyrrole nitrogens is 1. The van der Waals surface area contributed by atoms with Gasteiger partial charge in [0.1, 0.15) is 0 Å². The van der Waals surface area contributed by atoms with E-state index in [1.807, 2.05) is 43.3 Å². The molecule has 0 saturated heterocycles. The van der Waals surface area contributed by atoms with Crippen LogP contribution in [0.3, 0.4) is 0 Å². The highest BCUT2D eigenvalue weighted by molar-refractivity contribution is 6.01. The van der Waals surface area contributed by atoms with Crippen LogP contribution in [0.1, 0.15) is 11.3 Å². The number of hydrogen-bond acceptors (Lipinski definition) is 5. The molecule has 0 aliphatic carbocycles. The number of amides is 1. The maximum atomic E-state index is 11.9. The number of anilines is 1. The van der Waals surface area contributed by atoms with Crippen molar-refractivity contribution in [1.82, 2.24) is 15.1 Å². The fourth-order valence-electron chi connectivity index (χ4n) is 2.20. The fraction of sp³-hybridized carbons (Fsp3) is 0.250. The zero-order valence-electron chi connectivity index (χ0n) is 13.0. The highest BCUT2D eigenvalue weighted by atomic mass is 16.7. The van der Waals surface area contributed by atoms with Gasteiger partial charge in [-0.2, -0.15) is 5.10 Å². The maximum absolute atomic E-state index is 11.9. The molecule has 0 bridgehead atoms. The van der Waals surface area contributed by atoms with Crippen LogP contribution in [0.5, 0.6) is 11.5 Å². The molecule has 1 aliphatic heterocycles. The standard InChI is InChI=1S/C16H18N4O3/c1-20(2)9-12-8-15(19-18-12)17-16(21)6-4-11-3-5-13-14(7-11)23-10-22-13/h3-8H,9-10H2,1-2H3,(H2,17,18,19,21)/b6-4+. The molecule has 1 aliphatic rings. The first-order valence-electron chi connectivity index (χ1n) is 7.18. The van der Waals surface area contributed by atoms with Crippen molar-refractivity contribution in [2.45, 2.75) is 6.54 Å². The Bertz CT molecular complexity index is 737. The van der Waals surface area contributed by atoms with Crippen LogP contribution in [-0.2, 0) is 11.3 Å². The summed E-state index contributed by atoms with van der Waals surface area (Å²) in [5.41, 5.74) is 1.80. The summed E-state index contributed by atoms with van der Waals surface area (Å²) in [5, 5.41) is 9.66. The monoisotopic (exact) mass is 314 g/mol. The molecule has 0 saturated carbocycles. The predicted molar refractivity (Wildman–Crippen MR) is 86.2 cm³/mol. The Balaban J connectivity index is 1.59. The number of nitrogens with one attached hydrogen (secondary N) is 2. The van der Waals surface area contributed by atoms with Crippen molar-refractivity contribution in [2.75, 3.05) is 26.2 Å². The van der Waals surface area contributed by atoms with Crippen molar-refractivity contribution >= 4 is 17.8 Å². The third kappa shape index (κ3) is 3.89. The summed E-state index contributed by atoms with van der Waals surface area (Å²) in [6, 6.07) is 7.32. The number of hydrogen-bond donors (Lipinski definition) is 2. The molecule has 3 rings (SSSR count). The van der Waals surface area contributed by atoms with E-state index in [1.165, 1.54) is 6.08 Å². The lowest BCUT2D eigenvalue weighted by Gasteiger charge is -2.05. The van der Waals surface area contributed by atoms with Gasteiger partial charge >= 0.3 is 0 Å². The zero-order chi connectivity index (χ0) is 16.2. The molecule has 2 heterocycles. The zero-order valence-corrected chi connectivity index (χ0v) is 13.0. The number of aromatic amines is 1. The molecule has 1 aromatic heterocycles. The average Bonchev–Trinajstić information content (AvgIpc) is 3.13. The molecule has 23 heavy (non-hydrogen) atoms. The molecule has 0 radical (unpaired) electrons. The molecule has 2 N–H and O–H groups in total. The lowest BCUT2D eigenvalue weighted by molar-refractivity contribution is -0.111. The Morgan fingerprint density at radius 1 is 1.35 bits per heavy atom. The smallest absolute Gasteiger partial charge is 0.249 e. The van der Waals surface area contributed by atoms with Gasteiger partial charge in [0.25, 0.3) is 0 Å². The second kappa shape index (κ2) is 6.53. The molecule has 120 valence electrons. The molecule has 7 nitrogen and oxygen atoms in total. The number of nitrogens with zero attached hydrogens (tertiary/aromatic N) is 2. The van der Waals surface area contributed by atoms with Gasteiger partial charge in [0, 0.05) is 18.7 Å². The second-order valence-electron chi connectivity index (χ2n) is 5.45. The van der Waals surface area contributed by atoms with Crippen LogP contribution in [0.4, 0.5) is 5.82 Å². The van der Waals surface area contributed by atoms with Gasteiger partial charge in [0.15, 0.2) is 17.3 Å². The number of ether oxygens (including phenoxy) is 2. The van der Waals surface area contributed by atoms with E-state index in [-0.39, 0.29) is 12.7 Å². The highest BCUT2D eigenvalue weighted by Gasteiger charge is 2.12. The molecular formula is C16H18N4O3. The minimum absolute atomic E-state index is 0.234. The Morgan fingerprint density at radius 3 is 3.00 bits per heavy atom. The number of carbonyl (C=O) groups excluding carboxylic acids is 1. The fourth-order valence-corrected chi connectivity index (χ4v) is 2.20. The SMILES string of the molecule is CN(C)Cc1cc(NC(=O)/C=C/c2ccc3c(c2)OCO3)n[nH]1. The Kier molecular flexibility index (Phi) is 4.29. The van der Waals surface area contributed by atoms with Gasteiger partial charge < -0.3 is 19.7 Å². The van der Waals surface area contributed by atoms with Crippen molar-refractivity contribution in [3.05, 3.63) is 41.6 Å². The van der Waals surface area contributed by atoms with E-state index in [0.29, 0.717) is 11.6 Å². The number of rotatable bonds is 5. The summed E-state index contributed by atoms with van der Waals surface area (Å²) >= 11 is 0. The van der Waals surface area contributed by atoms with Crippen LogP contribution in [-0.4, -0.2) is 41.9 Å². The van der Waals surface area contributed by atoms with Crippen LogP contribution in [0, 0.1) is 0 Å². The van der Waals surface area contributed by atoms with Crippen molar-refractivity contribution in [3.8, 4) is 11.5 Å². The highest BCUT2D eigenvalue weighted by Crippen LogP contribution is 2.32. The van der Waals surface area contributed by atoms with Crippen molar-refractivity contribution in [2.24, 2.45) is 0 Å². The molecular weight excluding hydrogens is 296 g/mol. The van der Waals surface area contributed by atoms with Gasteiger partial charge in [0.05, 0.1) is 5.69 Å². The van der Waals surface area contributed by atoms with Crippen molar-refractivity contribution in [3.63, 3.8) is 0 Å². The van der Waals surface area contributed by atoms with Gasteiger partial charge in [-0.3, -0.25) is 9.89 Å². The Hall–Kier alpha value is -2.80. The predicted octanol–water partition coefficient (Wildman–Crippen LogP) is 1.85. The van der Waals surface area contributed by atoms with Crippen LogP contribution in [0.2, 0.25) is 0 Å². The molecule has 0 atom stereocenters. The quantitative estimate of drug-likeness (QED) is 0.823. The molecule has 0 unspecified atom stereocenters. The van der Waals surface area contributed by atoms with E-state index in [0.717, 1.165) is 23.6 Å². The van der Waals surface area contributed by atoms with Crippen molar-refractivity contribution in [1.29, 1.82) is 0 Å². The summed E-state index contributed by atoms with van der Waals surface area (Å²) < 4.78 is 10.5.